The van der Waals surface area contributed by atoms with E-state index < -0.39 is 0 Å². The maximum absolute atomic E-state index is 3.78. The van der Waals surface area contributed by atoms with Crippen LogP contribution in [0.25, 0.3) is 0 Å². The summed E-state index contributed by atoms with van der Waals surface area (Å²) in [5.41, 5.74) is 4.01. The van der Waals surface area contributed by atoms with E-state index in [1.807, 2.05) is 24.4 Å². The highest BCUT2D eigenvalue weighted by Crippen LogP contribution is 2.08. The average molecular weight is 188 g/mol. The molecule has 0 radical (unpaired) electrons. The first-order valence-corrected chi connectivity index (χ1v) is 4.68. The number of H-pyrrole nitrogens is 1. The molecule has 2 nitrogen and oxygen atoms in total. The van der Waals surface area contributed by atoms with Crippen molar-refractivity contribution in [3.63, 3.8) is 0 Å². The third-order valence-corrected chi connectivity index (χ3v) is 2.23. The smallest absolute Gasteiger partial charge is 0.0267 e. The van der Waals surface area contributed by atoms with Gasteiger partial charge in [0.2, 0.25) is 0 Å². The molecule has 14 heavy (non-hydrogen) atoms. The SMILES string of the molecule is Cc1c[nH]c(C)c1C.c1ccncc1. The predicted octanol–water partition coefficient (Wildman–Crippen LogP) is 3.02. The van der Waals surface area contributed by atoms with Gasteiger partial charge >= 0.3 is 0 Å². The van der Waals surface area contributed by atoms with Crippen molar-refractivity contribution >= 4 is 0 Å². The van der Waals surface area contributed by atoms with Crippen molar-refractivity contribution in [2.45, 2.75) is 20.8 Å². The summed E-state index contributed by atoms with van der Waals surface area (Å²) in [5, 5.41) is 0. The molecule has 0 unspecified atom stereocenters. The lowest BCUT2D eigenvalue weighted by molar-refractivity contribution is 1.23. The largest absolute Gasteiger partial charge is 0.365 e. The Kier molecular flexibility index (Phi) is 3.92. The van der Waals surface area contributed by atoms with Crippen LogP contribution in [0, 0.1) is 20.8 Å². The number of nitrogens with zero attached hydrogens (tertiary/aromatic N) is 1. The second kappa shape index (κ2) is 5.22. The van der Waals surface area contributed by atoms with Gasteiger partial charge in [-0.15, -0.1) is 0 Å². The number of hydrogen-bond acceptors (Lipinski definition) is 1. The van der Waals surface area contributed by atoms with Crippen molar-refractivity contribution in [2.75, 3.05) is 0 Å². The van der Waals surface area contributed by atoms with E-state index >= 15 is 0 Å². The molecule has 2 aromatic heterocycles. The normalized spacial score (nSPS) is 9.07. The van der Waals surface area contributed by atoms with E-state index in [9.17, 15) is 0 Å². The molecule has 0 spiro atoms. The zero-order valence-electron chi connectivity index (χ0n) is 8.91. The second-order valence-electron chi connectivity index (χ2n) is 3.25. The van der Waals surface area contributed by atoms with Crippen LogP contribution < -0.4 is 0 Å². The van der Waals surface area contributed by atoms with E-state index in [4.69, 9.17) is 0 Å². The van der Waals surface area contributed by atoms with Crippen LogP contribution in [0.4, 0.5) is 0 Å². The fourth-order valence-electron chi connectivity index (χ4n) is 1.04. The van der Waals surface area contributed by atoms with Gasteiger partial charge < -0.3 is 4.98 Å². The predicted molar refractivity (Wildman–Crippen MR) is 59.2 cm³/mol. The Bertz CT molecular complexity index is 317. The van der Waals surface area contributed by atoms with Crippen molar-refractivity contribution in [3.8, 4) is 0 Å². The summed E-state index contributed by atoms with van der Waals surface area (Å²) in [6.07, 6.45) is 5.53. The molecular weight excluding hydrogens is 172 g/mol. The van der Waals surface area contributed by atoms with Crippen molar-refractivity contribution < 1.29 is 0 Å². The van der Waals surface area contributed by atoms with Gasteiger partial charge in [0.1, 0.15) is 0 Å². The molecule has 2 heterocycles. The van der Waals surface area contributed by atoms with E-state index in [0.29, 0.717) is 0 Å². The lowest BCUT2D eigenvalue weighted by atomic mass is 10.2. The van der Waals surface area contributed by atoms with Gasteiger partial charge in [-0.1, -0.05) is 6.07 Å². The summed E-state index contributed by atoms with van der Waals surface area (Å²) in [7, 11) is 0. The average Bonchev–Trinajstić information content (AvgIpc) is 2.53. The summed E-state index contributed by atoms with van der Waals surface area (Å²) in [5.74, 6) is 0. The van der Waals surface area contributed by atoms with Crippen LogP contribution in [0.2, 0.25) is 0 Å². The Hall–Kier alpha value is -1.57. The lowest BCUT2D eigenvalue weighted by Crippen LogP contribution is -1.73. The van der Waals surface area contributed by atoms with Crippen LogP contribution >= 0.6 is 0 Å². The number of nitrogens with one attached hydrogen (secondary N) is 1. The van der Waals surface area contributed by atoms with E-state index in [2.05, 4.69) is 30.7 Å². The van der Waals surface area contributed by atoms with Gasteiger partial charge in [0.25, 0.3) is 0 Å². The van der Waals surface area contributed by atoms with E-state index in [0.717, 1.165) is 0 Å². The maximum atomic E-state index is 3.78. The molecule has 0 bridgehead atoms. The molecule has 0 aliphatic heterocycles. The molecule has 0 aromatic carbocycles. The van der Waals surface area contributed by atoms with Crippen LogP contribution in [-0.4, -0.2) is 9.97 Å². The number of hydrogen-bond donors (Lipinski definition) is 1. The van der Waals surface area contributed by atoms with Crippen LogP contribution in [-0.2, 0) is 0 Å². The number of pyridine rings is 1. The van der Waals surface area contributed by atoms with Crippen molar-refractivity contribution in [3.05, 3.63) is 53.6 Å². The first-order valence-electron chi connectivity index (χ1n) is 4.68. The highest BCUT2D eigenvalue weighted by atomic mass is 14.7. The number of aromatic amines is 1. The standard InChI is InChI=1S/C7H11N.C5H5N/c1-5-4-8-7(3)6(5)2;1-2-4-6-5-3-1/h4,8H,1-3H3;1-5H. The van der Waals surface area contributed by atoms with Crippen molar-refractivity contribution in [1.29, 1.82) is 0 Å². The molecule has 0 aliphatic rings. The quantitative estimate of drug-likeness (QED) is 0.676. The number of rotatable bonds is 0. The molecule has 1 N–H and O–H groups in total. The Morgan fingerprint density at radius 2 is 1.64 bits per heavy atom. The zero-order chi connectivity index (χ0) is 10.4. The van der Waals surface area contributed by atoms with Gasteiger partial charge in [0.15, 0.2) is 0 Å². The summed E-state index contributed by atoms with van der Waals surface area (Å²) < 4.78 is 0. The topological polar surface area (TPSA) is 28.7 Å². The fraction of sp³-hybridized carbons (Fsp3) is 0.250. The first kappa shape index (κ1) is 10.5. The summed E-state index contributed by atoms with van der Waals surface area (Å²) in [4.78, 5) is 6.92. The highest BCUT2D eigenvalue weighted by Gasteiger charge is 1.94. The van der Waals surface area contributed by atoms with Crippen LogP contribution in [0.3, 0.4) is 0 Å². The molecular formula is C12H16N2. The van der Waals surface area contributed by atoms with Crippen LogP contribution in [0.15, 0.2) is 36.8 Å². The van der Waals surface area contributed by atoms with Crippen LogP contribution in [0.5, 0.6) is 0 Å². The minimum Gasteiger partial charge on any atom is -0.365 e. The first-order chi connectivity index (χ1) is 6.72. The van der Waals surface area contributed by atoms with Crippen LogP contribution in [0.1, 0.15) is 16.8 Å². The second-order valence-corrected chi connectivity index (χ2v) is 3.25. The summed E-state index contributed by atoms with van der Waals surface area (Å²) in [6.45, 7) is 6.32. The lowest BCUT2D eigenvalue weighted by Gasteiger charge is -1.86. The molecule has 0 amide bonds. The third kappa shape index (κ3) is 3.05. The number of aryl methyl sites for hydroxylation is 2. The van der Waals surface area contributed by atoms with E-state index in [1.165, 1.54) is 16.8 Å². The van der Waals surface area contributed by atoms with Crippen molar-refractivity contribution in [2.24, 2.45) is 0 Å². The molecule has 0 saturated heterocycles. The minimum absolute atomic E-state index is 1.28. The molecule has 0 aliphatic carbocycles. The zero-order valence-corrected chi connectivity index (χ0v) is 8.91. The van der Waals surface area contributed by atoms with Gasteiger partial charge in [0.05, 0.1) is 0 Å². The highest BCUT2D eigenvalue weighted by molar-refractivity contribution is 5.26. The molecule has 0 atom stereocenters. The van der Waals surface area contributed by atoms with Gasteiger partial charge in [-0.25, -0.2) is 0 Å². The van der Waals surface area contributed by atoms with Gasteiger partial charge in [-0.2, -0.15) is 0 Å². The Labute approximate surface area is 85.0 Å². The Morgan fingerprint density at radius 1 is 1.00 bits per heavy atom. The summed E-state index contributed by atoms with van der Waals surface area (Å²) in [6, 6.07) is 5.72. The summed E-state index contributed by atoms with van der Waals surface area (Å²) >= 11 is 0. The molecule has 2 aromatic rings. The molecule has 2 rings (SSSR count). The minimum atomic E-state index is 1.28. The molecule has 0 fully saturated rings. The van der Waals surface area contributed by atoms with E-state index in [1.54, 1.807) is 12.4 Å². The molecule has 0 saturated carbocycles. The monoisotopic (exact) mass is 188 g/mol. The fourth-order valence-corrected chi connectivity index (χ4v) is 1.04. The number of aromatic nitrogens is 2. The molecule has 74 valence electrons. The van der Waals surface area contributed by atoms with Gasteiger partial charge in [-0.3, -0.25) is 4.98 Å². The Morgan fingerprint density at radius 3 is 1.79 bits per heavy atom. The van der Waals surface area contributed by atoms with Crippen molar-refractivity contribution in [1.82, 2.24) is 9.97 Å². The third-order valence-electron chi connectivity index (χ3n) is 2.23. The van der Waals surface area contributed by atoms with Gasteiger partial charge in [-0.05, 0) is 44.0 Å². The Balaban J connectivity index is 0.000000146. The maximum Gasteiger partial charge on any atom is 0.0267 e. The molecule has 2 heteroatoms. The van der Waals surface area contributed by atoms with E-state index in [-0.39, 0.29) is 0 Å². The van der Waals surface area contributed by atoms with Gasteiger partial charge in [0, 0.05) is 24.3 Å².